The van der Waals surface area contributed by atoms with Crippen LogP contribution in [0.4, 0.5) is 17.2 Å². The maximum Gasteiger partial charge on any atom is 0.234 e. The number of aromatic nitrogens is 2. The summed E-state index contributed by atoms with van der Waals surface area (Å²) < 4.78 is 0. The molecule has 0 saturated carbocycles. The van der Waals surface area contributed by atoms with Gasteiger partial charge < -0.3 is 15.1 Å². The van der Waals surface area contributed by atoms with Gasteiger partial charge in [-0.2, -0.15) is 0 Å². The number of carbonyl (C=O) groups is 1. The lowest BCUT2D eigenvalue weighted by molar-refractivity contribution is -0.113. The molecule has 1 aliphatic heterocycles. The minimum Gasteiger partial charge on any atom is -0.368 e. The summed E-state index contributed by atoms with van der Waals surface area (Å²) >= 11 is 3.09. The normalized spacial score (nSPS) is 13.8. The molecule has 2 heterocycles. The van der Waals surface area contributed by atoms with Crippen LogP contribution in [0, 0.1) is 13.8 Å². The number of hydrogen-bond donors (Lipinski definition) is 1. The Morgan fingerprint density at radius 3 is 2.52 bits per heavy atom. The lowest BCUT2D eigenvalue weighted by atomic mass is 10.1. The van der Waals surface area contributed by atoms with Gasteiger partial charge in [0.05, 0.1) is 5.75 Å². The third kappa shape index (κ3) is 5.81. The molecule has 2 aromatic carbocycles. The number of rotatable bonds is 7. The fraction of sp³-hybridized carbons (Fsp3) is 0.320. The smallest absolute Gasteiger partial charge is 0.234 e. The minimum atomic E-state index is -0.0467. The molecule has 0 atom stereocenters. The first-order valence-electron chi connectivity index (χ1n) is 11.0. The zero-order valence-electron chi connectivity index (χ0n) is 19.2. The molecule has 0 bridgehead atoms. The van der Waals surface area contributed by atoms with Gasteiger partial charge >= 0.3 is 0 Å². The number of thioether (sulfide) groups is 2. The molecule has 6 nitrogen and oxygen atoms in total. The number of piperazine rings is 1. The molecule has 8 heteroatoms. The molecule has 3 aromatic rings. The van der Waals surface area contributed by atoms with E-state index in [1.807, 2.05) is 30.5 Å². The fourth-order valence-corrected chi connectivity index (χ4v) is 5.15. The van der Waals surface area contributed by atoms with Crippen molar-refractivity contribution in [3.05, 3.63) is 66.0 Å². The second kappa shape index (κ2) is 10.9. The largest absolute Gasteiger partial charge is 0.368 e. The Balaban J connectivity index is 1.37. The van der Waals surface area contributed by atoms with Gasteiger partial charge in [-0.05, 0) is 55.5 Å². The van der Waals surface area contributed by atoms with Crippen molar-refractivity contribution >= 4 is 46.6 Å². The molecule has 0 radical (unpaired) electrons. The maximum absolute atomic E-state index is 12.5. The summed E-state index contributed by atoms with van der Waals surface area (Å²) in [6.45, 7) is 7.94. The summed E-state index contributed by atoms with van der Waals surface area (Å²) in [5, 5.41) is 3.78. The Morgan fingerprint density at radius 1 is 1.00 bits per heavy atom. The Bertz CT molecular complexity index is 1120. The Labute approximate surface area is 204 Å². The highest BCUT2D eigenvalue weighted by Gasteiger charge is 2.22. The standard InChI is InChI=1S/C25H29N5OS2/c1-18-6-4-9-22(19(18)2)29-12-14-30(15-13-29)24-25(27-11-10-26-24)33-17-23(31)28-20-7-5-8-21(16-20)32-3/h4-11,16H,12-15,17H2,1-3H3,(H,28,31). The first-order chi connectivity index (χ1) is 16.0. The third-order valence-corrected chi connectivity index (χ3v) is 7.53. The van der Waals surface area contributed by atoms with Gasteiger partial charge in [0.25, 0.3) is 0 Å². The minimum absolute atomic E-state index is 0.0467. The average molecular weight is 480 g/mol. The Hall–Kier alpha value is -2.71. The maximum atomic E-state index is 12.5. The first kappa shape index (κ1) is 23.4. The van der Waals surface area contributed by atoms with Crippen molar-refractivity contribution < 1.29 is 4.79 Å². The topological polar surface area (TPSA) is 61.4 Å². The molecule has 1 aliphatic rings. The van der Waals surface area contributed by atoms with Gasteiger partial charge in [0.2, 0.25) is 5.91 Å². The first-order valence-corrected chi connectivity index (χ1v) is 13.2. The van der Waals surface area contributed by atoms with E-state index >= 15 is 0 Å². The number of aryl methyl sites for hydroxylation is 1. The highest BCUT2D eigenvalue weighted by Crippen LogP contribution is 2.29. The second-order valence-electron chi connectivity index (χ2n) is 7.95. The van der Waals surface area contributed by atoms with Gasteiger partial charge in [-0.25, -0.2) is 9.97 Å². The van der Waals surface area contributed by atoms with Crippen LogP contribution in [0.15, 0.2) is 64.8 Å². The SMILES string of the molecule is CSc1cccc(NC(=O)CSc2nccnc2N2CCN(c3cccc(C)c3C)CC2)c1. The Kier molecular flexibility index (Phi) is 7.77. The molecular weight excluding hydrogens is 450 g/mol. The fourth-order valence-electron chi connectivity index (χ4n) is 3.91. The van der Waals surface area contributed by atoms with E-state index in [9.17, 15) is 4.79 Å². The van der Waals surface area contributed by atoms with Crippen molar-refractivity contribution in [3.63, 3.8) is 0 Å². The number of nitrogens with one attached hydrogen (secondary N) is 1. The summed E-state index contributed by atoms with van der Waals surface area (Å²) in [4.78, 5) is 27.5. The second-order valence-corrected chi connectivity index (χ2v) is 9.79. The molecule has 1 amide bonds. The van der Waals surface area contributed by atoms with E-state index in [4.69, 9.17) is 0 Å². The van der Waals surface area contributed by atoms with Crippen LogP contribution < -0.4 is 15.1 Å². The van der Waals surface area contributed by atoms with Crippen LogP contribution in [0.1, 0.15) is 11.1 Å². The predicted octanol–water partition coefficient (Wildman–Crippen LogP) is 4.87. The van der Waals surface area contributed by atoms with Crippen molar-refractivity contribution in [2.45, 2.75) is 23.8 Å². The van der Waals surface area contributed by atoms with Crippen molar-refractivity contribution in [2.24, 2.45) is 0 Å². The molecule has 172 valence electrons. The van der Waals surface area contributed by atoms with Gasteiger partial charge in [0.1, 0.15) is 5.03 Å². The molecular formula is C25H29N5OS2. The summed E-state index contributed by atoms with van der Waals surface area (Å²) in [6, 6.07) is 14.4. The molecule has 33 heavy (non-hydrogen) atoms. The van der Waals surface area contributed by atoms with Crippen LogP contribution >= 0.6 is 23.5 Å². The van der Waals surface area contributed by atoms with E-state index in [0.29, 0.717) is 0 Å². The number of nitrogens with zero attached hydrogens (tertiary/aromatic N) is 4. The predicted molar refractivity (Wildman–Crippen MR) is 140 cm³/mol. The molecule has 4 rings (SSSR count). The van der Waals surface area contributed by atoms with E-state index in [0.717, 1.165) is 47.6 Å². The molecule has 1 aromatic heterocycles. The highest BCUT2D eigenvalue weighted by atomic mass is 32.2. The molecule has 1 saturated heterocycles. The quantitative estimate of drug-likeness (QED) is 0.485. The van der Waals surface area contributed by atoms with E-state index in [-0.39, 0.29) is 11.7 Å². The zero-order chi connectivity index (χ0) is 23.2. The summed E-state index contributed by atoms with van der Waals surface area (Å²) in [5.41, 5.74) is 4.79. The number of anilines is 3. The number of carbonyl (C=O) groups excluding carboxylic acids is 1. The van der Waals surface area contributed by atoms with E-state index in [1.54, 1.807) is 24.2 Å². The average Bonchev–Trinajstić information content (AvgIpc) is 2.85. The molecule has 0 aliphatic carbocycles. The van der Waals surface area contributed by atoms with Gasteiger partial charge in [-0.3, -0.25) is 4.79 Å². The molecule has 0 spiro atoms. The summed E-state index contributed by atoms with van der Waals surface area (Å²) in [5.74, 6) is 1.10. The lowest BCUT2D eigenvalue weighted by Crippen LogP contribution is -2.47. The highest BCUT2D eigenvalue weighted by molar-refractivity contribution is 8.00. The van der Waals surface area contributed by atoms with Crippen molar-refractivity contribution in [3.8, 4) is 0 Å². The molecule has 0 unspecified atom stereocenters. The lowest BCUT2D eigenvalue weighted by Gasteiger charge is -2.37. The van der Waals surface area contributed by atoms with Gasteiger partial charge in [0.15, 0.2) is 5.82 Å². The molecule has 1 fully saturated rings. The van der Waals surface area contributed by atoms with Gasteiger partial charge in [0, 0.05) is 54.8 Å². The third-order valence-electron chi connectivity index (χ3n) is 5.84. The summed E-state index contributed by atoms with van der Waals surface area (Å²) in [6.07, 6.45) is 5.44. The number of amides is 1. The summed E-state index contributed by atoms with van der Waals surface area (Å²) in [7, 11) is 0. The van der Waals surface area contributed by atoms with Crippen molar-refractivity contribution in [1.29, 1.82) is 0 Å². The van der Waals surface area contributed by atoms with Gasteiger partial charge in [-0.1, -0.05) is 30.0 Å². The van der Waals surface area contributed by atoms with Crippen LogP contribution in [0.2, 0.25) is 0 Å². The van der Waals surface area contributed by atoms with Crippen LogP contribution in [-0.4, -0.2) is 54.1 Å². The van der Waals surface area contributed by atoms with Crippen molar-refractivity contribution in [1.82, 2.24) is 9.97 Å². The van der Waals surface area contributed by atoms with E-state index in [2.05, 4.69) is 57.1 Å². The van der Waals surface area contributed by atoms with E-state index in [1.165, 1.54) is 28.6 Å². The van der Waals surface area contributed by atoms with Crippen LogP contribution in [0.25, 0.3) is 0 Å². The number of benzene rings is 2. The van der Waals surface area contributed by atoms with E-state index < -0.39 is 0 Å². The Morgan fingerprint density at radius 2 is 1.73 bits per heavy atom. The van der Waals surface area contributed by atoms with Crippen LogP contribution in [0.3, 0.4) is 0 Å². The number of hydrogen-bond acceptors (Lipinski definition) is 7. The van der Waals surface area contributed by atoms with Gasteiger partial charge in [-0.15, -0.1) is 11.8 Å². The van der Waals surface area contributed by atoms with Crippen molar-refractivity contribution in [2.75, 3.05) is 53.3 Å². The zero-order valence-corrected chi connectivity index (χ0v) is 20.9. The van der Waals surface area contributed by atoms with Crippen LogP contribution in [0.5, 0.6) is 0 Å². The monoisotopic (exact) mass is 479 g/mol. The van der Waals surface area contributed by atoms with Crippen LogP contribution in [-0.2, 0) is 4.79 Å². The molecule has 1 N–H and O–H groups in total.